The van der Waals surface area contributed by atoms with Crippen LogP contribution in [0.5, 0.6) is 0 Å². The predicted octanol–water partition coefficient (Wildman–Crippen LogP) is 0.346. The Balaban J connectivity index is 2.48. The van der Waals surface area contributed by atoms with Gasteiger partial charge in [0.05, 0.1) is 12.2 Å². The molecule has 0 radical (unpaired) electrons. The molecule has 13 heavy (non-hydrogen) atoms. The zero-order chi connectivity index (χ0) is 9.42. The van der Waals surface area contributed by atoms with Crippen molar-refractivity contribution in [3.05, 3.63) is 5.69 Å². The van der Waals surface area contributed by atoms with Crippen LogP contribution in [-0.4, -0.2) is 22.2 Å². The lowest BCUT2D eigenvalue weighted by Crippen LogP contribution is -2.28. The second kappa shape index (κ2) is 2.76. The number of nitrogens with one attached hydrogen (secondary N) is 2. The predicted molar refractivity (Wildman–Crippen MR) is 49.7 cm³/mol. The number of anilines is 2. The van der Waals surface area contributed by atoms with Crippen LogP contribution in [0.25, 0.3) is 0 Å². The number of aromatic nitrogens is 2. The lowest BCUT2D eigenvalue weighted by molar-refractivity contribution is -0.114. The van der Waals surface area contributed by atoms with Gasteiger partial charge in [-0.3, -0.25) is 9.48 Å². The van der Waals surface area contributed by atoms with E-state index in [0.717, 1.165) is 23.6 Å². The van der Waals surface area contributed by atoms with E-state index in [1.165, 1.54) is 0 Å². The van der Waals surface area contributed by atoms with Gasteiger partial charge in [0.2, 0.25) is 5.91 Å². The number of hydrogen-bond acceptors (Lipinski definition) is 3. The topological polar surface area (TPSA) is 59.0 Å². The number of carbonyl (C=O) groups is 1. The van der Waals surface area contributed by atoms with Gasteiger partial charge < -0.3 is 10.6 Å². The van der Waals surface area contributed by atoms with Crippen LogP contribution in [0.4, 0.5) is 11.5 Å². The Kier molecular flexibility index (Phi) is 1.72. The zero-order valence-corrected chi connectivity index (χ0v) is 7.72. The van der Waals surface area contributed by atoms with E-state index in [0.29, 0.717) is 6.54 Å². The van der Waals surface area contributed by atoms with Crippen LogP contribution in [0.15, 0.2) is 0 Å². The third kappa shape index (κ3) is 1.16. The second-order valence-corrected chi connectivity index (χ2v) is 3.05. The maximum Gasteiger partial charge on any atom is 0.243 e. The van der Waals surface area contributed by atoms with Crippen molar-refractivity contribution in [2.24, 2.45) is 7.05 Å². The summed E-state index contributed by atoms with van der Waals surface area (Å²) in [5.41, 5.74) is 1.76. The zero-order valence-electron chi connectivity index (χ0n) is 7.72. The molecular weight excluding hydrogens is 168 g/mol. The number of amides is 1. The molecule has 1 aliphatic rings. The second-order valence-electron chi connectivity index (χ2n) is 3.05. The Morgan fingerprint density at radius 2 is 2.38 bits per heavy atom. The van der Waals surface area contributed by atoms with E-state index >= 15 is 0 Å². The molecule has 0 aliphatic carbocycles. The number of rotatable bonds is 1. The van der Waals surface area contributed by atoms with Gasteiger partial charge in [-0.05, 0) is 6.42 Å². The molecule has 0 aromatic carbocycles. The Labute approximate surface area is 76.1 Å². The van der Waals surface area contributed by atoms with Crippen LogP contribution in [0.1, 0.15) is 12.6 Å². The number of carbonyl (C=O) groups excluding carboxylic acids is 1. The lowest BCUT2D eigenvalue weighted by atomic mass is 10.2. The standard InChI is InChI=1S/C8H12N4O/c1-3-5-7-8(12(2)11-5)9-4-6(13)10-7/h9H,3-4H2,1-2H3,(H,10,13). The highest BCUT2D eigenvalue weighted by Crippen LogP contribution is 2.27. The first-order chi connectivity index (χ1) is 6.22. The number of hydrogen-bond donors (Lipinski definition) is 2. The highest BCUT2D eigenvalue weighted by atomic mass is 16.2. The summed E-state index contributed by atoms with van der Waals surface area (Å²) in [5.74, 6) is 0.895. The van der Waals surface area contributed by atoms with Crippen LogP contribution in [0.2, 0.25) is 0 Å². The van der Waals surface area contributed by atoms with Crippen molar-refractivity contribution >= 4 is 17.4 Å². The van der Waals surface area contributed by atoms with Crippen LogP contribution in [-0.2, 0) is 18.3 Å². The molecule has 5 heteroatoms. The summed E-state index contributed by atoms with van der Waals surface area (Å²) in [4.78, 5) is 11.1. The molecule has 0 bridgehead atoms. The van der Waals surface area contributed by atoms with Crippen molar-refractivity contribution in [1.82, 2.24) is 9.78 Å². The van der Waals surface area contributed by atoms with Gasteiger partial charge in [-0.15, -0.1) is 0 Å². The largest absolute Gasteiger partial charge is 0.359 e. The molecule has 0 saturated heterocycles. The van der Waals surface area contributed by atoms with Crippen molar-refractivity contribution in [2.75, 3.05) is 17.2 Å². The number of aryl methyl sites for hydroxylation is 2. The third-order valence-electron chi connectivity index (χ3n) is 2.14. The first-order valence-electron chi connectivity index (χ1n) is 4.32. The first-order valence-corrected chi connectivity index (χ1v) is 4.32. The molecule has 1 aliphatic heterocycles. The SMILES string of the molecule is CCc1nn(C)c2c1NC(=O)CN2. The molecule has 1 aromatic heterocycles. The Morgan fingerprint density at radius 1 is 1.62 bits per heavy atom. The summed E-state index contributed by atoms with van der Waals surface area (Å²) >= 11 is 0. The molecular formula is C8H12N4O. The van der Waals surface area contributed by atoms with Gasteiger partial charge in [0, 0.05) is 7.05 Å². The van der Waals surface area contributed by atoms with Crippen molar-refractivity contribution in [1.29, 1.82) is 0 Å². The molecule has 2 rings (SSSR count). The average molecular weight is 180 g/mol. The molecule has 0 fully saturated rings. The maximum atomic E-state index is 11.1. The van der Waals surface area contributed by atoms with Crippen molar-refractivity contribution in [2.45, 2.75) is 13.3 Å². The van der Waals surface area contributed by atoms with E-state index in [2.05, 4.69) is 15.7 Å². The Hall–Kier alpha value is -1.52. The van der Waals surface area contributed by atoms with E-state index in [9.17, 15) is 4.79 Å². The minimum Gasteiger partial charge on any atom is -0.359 e. The summed E-state index contributed by atoms with van der Waals surface area (Å²) < 4.78 is 1.76. The summed E-state index contributed by atoms with van der Waals surface area (Å²) in [7, 11) is 1.86. The van der Waals surface area contributed by atoms with Gasteiger partial charge in [0.1, 0.15) is 11.5 Å². The monoisotopic (exact) mass is 180 g/mol. The van der Waals surface area contributed by atoms with E-state index in [4.69, 9.17) is 0 Å². The van der Waals surface area contributed by atoms with Crippen molar-refractivity contribution < 1.29 is 4.79 Å². The van der Waals surface area contributed by atoms with Gasteiger partial charge in [0.15, 0.2) is 0 Å². The molecule has 70 valence electrons. The molecule has 1 aromatic rings. The summed E-state index contributed by atoms with van der Waals surface area (Å²) in [6.07, 6.45) is 0.825. The van der Waals surface area contributed by atoms with Crippen molar-refractivity contribution in [3.8, 4) is 0 Å². The fraction of sp³-hybridized carbons (Fsp3) is 0.500. The molecule has 0 atom stereocenters. The molecule has 2 N–H and O–H groups in total. The van der Waals surface area contributed by atoms with Gasteiger partial charge >= 0.3 is 0 Å². The fourth-order valence-electron chi connectivity index (χ4n) is 1.51. The van der Waals surface area contributed by atoms with Crippen LogP contribution in [0, 0.1) is 0 Å². The normalized spacial score (nSPS) is 14.8. The highest BCUT2D eigenvalue weighted by molar-refractivity contribution is 6.00. The van der Waals surface area contributed by atoms with E-state index < -0.39 is 0 Å². The maximum absolute atomic E-state index is 11.1. The smallest absolute Gasteiger partial charge is 0.243 e. The molecule has 0 saturated carbocycles. The molecule has 0 unspecified atom stereocenters. The summed E-state index contributed by atoms with van der Waals surface area (Å²) in [6.45, 7) is 2.35. The van der Waals surface area contributed by atoms with Crippen molar-refractivity contribution in [3.63, 3.8) is 0 Å². The first kappa shape index (κ1) is 8.10. The average Bonchev–Trinajstić information content (AvgIpc) is 2.42. The van der Waals surface area contributed by atoms with E-state index in [1.807, 2.05) is 14.0 Å². The summed E-state index contributed by atoms with van der Waals surface area (Å²) in [6, 6.07) is 0. The Morgan fingerprint density at radius 3 is 3.08 bits per heavy atom. The lowest BCUT2D eigenvalue weighted by Gasteiger charge is -2.15. The van der Waals surface area contributed by atoms with Gasteiger partial charge in [-0.25, -0.2) is 0 Å². The molecule has 1 amide bonds. The summed E-state index contributed by atoms with van der Waals surface area (Å²) in [5, 5.41) is 10.1. The molecule has 2 heterocycles. The fourth-order valence-corrected chi connectivity index (χ4v) is 1.51. The van der Waals surface area contributed by atoms with Gasteiger partial charge in [-0.2, -0.15) is 5.10 Å². The Bertz CT molecular complexity index is 355. The van der Waals surface area contributed by atoms with Gasteiger partial charge in [0.25, 0.3) is 0 Å². The third-order valence-corrected chi connectivity index (χ3v) is 2.14. The minimum absolute atomic E-state index is 0.00444. The molecule has 0 spiro atoms. The van der Waals surface area contributed by atoms with Crippen LogP contribution < -0.4 is 10.6 Å². The minimum atomic E-state index is -0.00444. The number of nitrogens with zero attached hydrogens (tertiary/aromatic N) is 2. The molecule has 5 nitrogen and oxygen atoms in total. The van der Waals surface area contributed by atoms with Gasteiger partial charge in [-0.1, -0.05) is 6.92 Å². The number of fused-ring (bicyclic) bond motifs is 1. The van der Waals surface area contributed by atoms with Crippen LogP contribution >= 0.6 is 0 Å². The van der Waals surface area contributed by atoms with E-state index in [1.54, 1.807) is 4.68 Å². The van der Waals surface area contributed by atoms with E-state index in [-0.39, 0.29) is 5.91 Å². The van der Waals surface area contributed by atoms with Crippen LogP contribution in [0.3, 0.4) is 0 Å². The quantitative estimate of drug-likeness (QED) is 0.655. The highest BCUT2D eigenvalue weighted by Gasteiger charge is 2.21.